The minimum Gasteiger partial charge on any atom is -0.342 e. The molecule has 0 aliphatic rings. The van der Waals surface area contributed by atoms with Gasteiger partial charge in [-0.1, -0.05) is 29.3 Å². The lowest BCUT2D eigenvalue weighted by Gasteiger charge is -1.94. The number of aromatic amines is 1. The quantitative estimate of drug-likeness (QED) is 0.895. The van der Waals surface area contributed by atoms with E-state index in [1.165, 1.54) is 18.4 Å². The van der Waals surface area contributed by atoms with Crippen LogP contribution in [0.2, 0.25) is 0 Å². The number of H-pyrrole nitrogens is 1. The van der Waals surface area contributed by atoms with E-state index in [0.29, 0.717) is 0 Å². The van der Waals surface area contributed by atoms with Gasteiger partial charge in [0, 0.05) is 10.9 Å². The third kappa shape index (κ3) is 2.23. The van der Waals surface area contributed by atoms with Crippen molar-refractivity contribution >= 4 is 27.0 Å². The number of imidazole rings is 1. The van der Waals surface area contributed by atoms with Crippen LogP contribution in [0.25, 0.3) is 11.0 Å². The average molecular weight is 267 g/mol. The molecular weight excluding hydrogens is 252 g/mol. The van der Waals surface area contributed by atoms with Crippen LogP contribution in [0.4, 0.5) is 0 Å². The molecular formula is C12H15BrN2. The summed E-state index contributed by atoms with van der Waals surface area (Å²) in [6.45, 7) is 4.29. The fraction of sp³-hybridized carbons (Fsp3) is 0.417. The Bertz CT molecular complexity index is 474. The molecule has 0 aliphatic heterocycles. The third-order valence-corrected chi connectivity index (χ3v) is 3.02. The van der Waals surface area contributed by atoms with Crippen molar-refractivity contribution in [2.24, 2.45) is 0 Å². The molecule has 2 aromatic rings. The maximum atomic E-state index is 4.61. The second-order valence-corrected chi connectivity index (χ2v) is 4.82. The van der Waals surface area contributed by atoms with Crippen molar-refractivity contribution < 1.29 is 0 Å². The van der Waals surface area contributed by atoms with Gasteiger partial charge in [-0.3, -0.25) is 0 Å². The van der Waals surface area contributed by atoms with E-state index in [0.717, 1.165) is 27.8 Å². The summed E-state index contributed by atoms with van der Waals surface area (Å²) in [5.41, 5.74) is 3.45. The van der Waals surface area contributed by atoms with E-state index in [2.05, 4.69) is 51.9 Å². The summed E-state index contributed by atoms with van der Waals surface area (Å²) in [6, 6.07) is 4.19. The van der Waals surface area contributed by atoms with Crippen molar-refractivity contribution in [2.75, 3.05) is 0 Å². The van der Waals surface area contributed by atoms with Gasteiger partial charge in [0.05, 0.1) is 11.0 Å². The van der Waals surface area contributed by atoms with Gasteiger partial charge in [0.2, 0.25) is 0 Å². The first-order chi connectivity index (χ1) is 7.20. The lowest BCUT2D eigenvalue weighted by atomic mass is 10.2. The van der Waals surface area contributed by atoms with Crippen molar-refractivity contribution in [1.29, 1.82) is 0 Å². The van der Waals surface area contributed by atoms with Gasteiger partial charge in [-0.05, 0) is 31.0 Å². The van der Waals surface area contributed by atoms with Gasteiger partial charge in [-0.25, -0.2) is 4.98 Å². The number of aryl methyl sites for hydroxylation is 2. The van der Waals surface area contributed by atoms with Crippen molar-refractivity contribution in [1.82, 2.24) is 9.97 Å². The van der Waals surface area contributed by atoms with Crippen LogP contribution in [-0.2, 0) is 6.42 Å². The molecule has 0 bridgehead atoms. The summed E-state index contributed by atoms with van der Waals surface area (Å²) in [5, 5.41) is 0. The summed E-state index contributed by atoms with van der Waals surface area (Å²) >= 11 is 3.50. The summed E-state index contributed by atoms with van der Waals surface area (Å²) in [5.74, 6) is 1.10. The highest BCUT2D eigenvalue weighted by Crippen LogP contribution is 2.22. The third-order valence-electron chi connectivity index (χ3n) is 2.56. The Hall–Kier alpha value is -0.830. The van der Waals surface area contributed by atoms with E-state index >= 15 is 0 Å². The van der Waals surface area contributed by atoms with Crippen LogP contribution in [-0.4, -0.2) is 9.97 Å². The van der Waals surface area contributed by atoms with Gasteiger partial charge in [0.15, 0.2) is 0 Å². The van der Waals surface area contributed by atoms with Crippen molar-refractivity contribution in [3.63, 3.8) is 0 Å². The maximum absolute atomic E-state index is 4.61. The second kappa shape index (κ2) is 4.35. The highest BCUT2D eigenvalue weighted by molar-refractivity contribution is 9.10. The molecule has 3 heteroatoms. The van der Waals surface area contributed by atoms with Gasteiger partial charge in [-0.15, -0.1) is 0 Å². The number of halogens is 1. The van der Waals surface area contributed by atoms with Gasteiger partial charge >= 0.3 is 0 Å². The molecule has 1 aromatic heterocycles. The molecule has 0 spiro atoms. The first-order valence-corrected chi connectivity index (χ1v) is 6.14. The predicted octanol–water partition coefficient (Wildman–Crippen LogP) is 3.98. The van der Waals surface area contributed by atoms with Gasteiger partial charge < -0.3 is 4.98 Å². The molecule has 1 heterocycles. The minimum atomic E-state index is 1.04. The molecule has 0 atom stereocenters. The van der Waals surface area contributed by atoms with E-state index in [1.54, 1.807) is 0 Å². The number of benzene rings is 1. The smallest absolute Gasteiger partial charge is 0.107 e. The molecule has 1 aromatic carbocycles. The number of nitrogens with one attached hydrogen (secondary N) is 1. The van der Waals surface area contributed by atoms with Crippen LogP contribution in [0.3, 0.4) is 0 Å². The van der Waals surface area contributed by atoms with Crippen LogP contribution in [0.5, 0.6) is 0 Å². The summed E-state index contributed by atoms with van der Waals surface area (Å²) in [6.07, 6.45) is 3.45. The molecule has 15 heavy (non-hydrogen) atoms. The molecule has 0 aliphatic carbocycles. The molecule has 1 N–H and O–H groups in total. The Kier molecular flexibility index (Phi) is 3.10. The van der Waals surface area contributed by atoms with Crippen molar-refractivity contribution in [2.45, 2.75) is 33.1 Å². The molecule has 0 fully saturated rings. The van der Waals surface area contributed by atoms with E-state index in [4.69, 9.17) is 0 Å². The van der Waals surface area contributed by atoms with E-state index in [9.17, 15) is 0 Å². The zero-order valence-electron chi connectivity index (χ0n) is 9.10. The second-order valence-electron chi connectivity index (χ2n) is 3.91. The van der Waals surface area contributed by atoms with Crippen molar-refractivity contribution in [3.8, 4) is 0 Å². The summed E-state index contributed by atoms with van der Waals surface area (Å²) < 4.78 is 1.11. The Morgan fingerprint density at radius 1 is 1.40 bits per heavy atom. The molecule has 0 saturated carbocycles. The Balaban J connectivity index is 2.41. The Labute approximate surface area is 98.2 Å². The molecule has 0 unspecified atom stereocenters. The van der Waals surface area contributed by atoms with E-state index < -0.39 is 0 Å². The Morgan fingerprint density at radius 3 is 2.93 bits per heavy atom. The normalized spacial score (nSPS) is 11.1. The summed E-state index contributed by atoms with van der Waals surface area (Å²) in [4.78, 5) is 7.99. The number of hydrogen-bond acceptors (Lipinski definition) is 1. The van der Waals surface area contributed by atoms with Crippen LogP contribution < -0.4 is 0 Å². The molecule has 0 radical (unpaired) electrons. The maximum Gasteiger partial charge on any atom is 0.107 e. The largest absolute Gasteiger partial charge is 0.342 e. The topological polar surface area (TPSA) is 28.7 Å². The van der Waals surface area contributed by atoms with Crippen LogP contribution >= 0.6 is 15.9 Å². The first kappa shape index (κ1) is 10.7. The monoisotopic (exact) mass is 266 g/mol. The van der Waals surface area contributed by atoms with E-state index in [1.807, 2.05) is 0 Å². The molecule has 0 amide bonds. The van der Waals surface area contributed by atoms with Crippen molar-refractivity contribution in [3.05, 3.63) is 28.0 Å². The SMILES string of the molecule is CCCCc1nc2c(C)cc(Br)cc2[nH]1. The zero-order chi connectivity index (χ0) is 10.8. The van der Waals surface area contributed by atoms with Crippen LogP contribution in [0.1, 0.15) is 31.2 Å². The lowest BCUT2D eigenvalue weighted by molar-refractivity contribution is 0.765. The summed E-state index contributed by atoms with van der Waals surface area (Å²) in [7, 11) is 0. The average Bonchev–Trinajstić information content (AvgIpc) is 2.57. The van der Waals surface area contributed by atoms with Gasteiger partial charge in [-0.2, -0.15) is 0 Å². The van der Waals surface area contributed by atoms with Crippen LogP contribution in [0.15, 0.2) is 16.6 Å². The Morgan fingerprint density at radius 2 is 2.20 bits per heavy atom. The fourth-order valence-corrected chi connectivity index (χ4v) is 2.33. The zero-order valence-corrected chi connectivity index (χ0v) is 10.7. The first-order valence-electron chi connectivity index (χ1n) is 5.35. The molecule has 2 rings (SSSR count). The standard InChI is InChI=1S/C12H15BrN2/c1-3-4-5-11-14-10-7-9(13)6-8(2)12(10)15-11/h6-7H,3-5H2,1-2H3,(H,14,15). The lowest BCUT2D eigenvalue weighted by Crippen LogP contribution is -1.86. The number of rotatable bonds is 3. The van der Waals surface area contributed by atoms with Crippen LogP contribution in [0, 0.1) is 6.92 Å². The highest BCUT2D eigenvalue weighted by Gasteiger charge is 2.05. The van der Waals surface area contributed by atoms with E-state index in [-0.39, 0.29) is 0 Å². The van der Waals surface area contributed by atoms with Gasteiger partial charge in [0.25, 0.3) is 0 Å². The minimum absolute atomic E-state index is 1.04. The number of aromatic nitrogens is 2. The number of fused-ring (bicyclic) bond motifs is 1. The fourth-order valence-electron chi connectivity index (χ4n) is 1.76. The van der Waals surface area contributed by atoms with Gasteiger partial charge in [0.1, 0.15) is 5.82 Å². The molecule has 0 saturated heterocycles. The number of nitrogens with zero attached hydrogens (tertiary/aromatic N) is 1. The molecule has 80 valence electrons. The predicted molar refractivity (Wildman–Crippen MR) is 67.1 cm³/mol. The highest BCUT2D eigenvalue weighted by atomic mass is 79.9. The number of unbranched alkanes of at least 4 members (excludes halogenated alkanes) is 1. The number of hydrogen-bond donors (Lipinski definition) is 1. The molecule has 2 nitrogen and oxygen atoms in total.